The van der Waals surface area contributed by atoms with Gasteiger partial charge in [0, 0.05) is 49.2 Å². The molecule has 0 bridgehead atoms. The molecule has 2 aliphatic rings. The highest BCUT2D eigenvalue weighted by molar-refractivity contribution is 7.99. The molecule has 0 aliphatic carbocycles. The minimum atomic E-state index is 0.117. The Kier molecular flexibility index (Phi) is 6.83. The molecule has 0 aromatic heterocycles. The van der Waals surface area contributed by atoms with Crippen molar-refractivity contribution in [3.63, 3.8) is 0 Å². The van der Waals surface area contributed by atoms with Gasteiger partial charge in [0.2, 0.25) is 11.8 Å². The molecule has 2 heterocycles. The number of piperidine rings is 1. The maximum Gasteiger partial charge on any atom is 0.225 e. The van der Waals surface area contributed by atoms with E-state index in [1.165, 1.54) is 0 Å². The van der Waals surface area contributed by atoms with Crippen LogP contribution in [-0.4, -0.2) is 60.7 Å². The average Bonchev–Trinajstić information content (AvgIpc) is 3.23. The van der Waals surface area contributed by atoms with E-state index in [9.17, 15) is 9.59 Å². The van der Waals surface area contributed by atoms with Crippen LogP contribution in [0.25, 0.3) is 0 Å². The van der Waals surface area contributed by atoms with Gasteiger partial charge in [0.25, 0.3) is 0 Å². The Morgan fingerprint density at radius 2 is 1.69 bits per heavy atom. The van der Waals surface area contributed by atoms with Gasteiger partial charge in [-0.05, 0) is 49.9 Å². The van der Waals surface area contributed by atoms with Crippen LogP contribution in [0.15, 0.2) is 29.2 Å². The number of carbonyl (C=O) groups excluding carboxylic acids is 2. The number of amides is 2. The normalized spacial score (nSPS) is 18.2. The Hall–Kier alpha value is -1.69. The summed E-state index contributed by atoms with van der Waals surface area (Å²) in [5.74, 6) is 2.25. The molecule has 2 saturated heterocycles. The van der Waals surface area contributed by atoms with E-state index >= 15 is 0 Å². The van der Waals surface area contributed by atoms with E-state index < -0.39 is 0 Å². The smallest absolute Gasteiger partial charge is 0.225 e. The molecule has 0 N–H and O–H groups in total. The van der Waals surface area contributed by atoms with Gasteiger partial charge in [-0.3, -0.25) is 9.59 Å². The Labute approximate surface area is 160 Å². The highest BCUT2D eigenvalue weighted by Crippen LogP contribution is 2.24. The number of hydrogen-bond donors (Lipinski definition) is 0. The van der Waals surface area contributed by atoms with E-state index in [0.717, 1.165) is 68.3 Å². The third kappa shape index (κ3) is 4.93. The van der Waals surface area contributed by atoms with Crippen molar-refractivity contribution in [3.05, 3.63) is 24.3 Å². The van der Waals surface area contributed by atoms with Gasteiger partial charge in [-0.1, -0.05) is 0 Å². The lowest BCUT2D eigenvalue weighted by atomic mass is 9.95. The van der Waals surface area contributed by atoms with E-state index in [1.807, 2.05) is 34.1 Å². The molecule has 5 nitrogen and oxygen atoms in total. The molecule has 0 atom stereocenters. The third-order valence-electron chi connectivity index (χ3n) is 5.26. The van der Waals surface area contributed by atoms with Gasteiger partial charge in [-0.2, -0.15) is 0 Å². The molecular formula is C20H28N2O3S. The lowest BCUT2D eigenvalue weighted by molar-refractivity contribution is -0.139. The fraction of sp³-hybridized carbons (Fsp3) is 0.600. The predicted molar refractivity (Wildman–Crippen MR) is 103 cm³/mol. The SMILES string of the molecule is COc1ccc(SCCC(=O)N2CCC(C(=O)N3CCCC3)CC2)cc1. The second-order valence-electron chi connectivity index (χ2n) is 6.96. The second kappa shape index (κ2) is 9.31. The monoisotopic (exact) mass is 376 g/mol. The van der Waals surface area contributed by atoms with Crippen LogP contribution < -0.4 is 4.74 Å². The zero-order valence-corrected chi connectivity index (χ0v) is 16.3. The van der Waals surface area contributed by atoms with Crippen molar-refractivity contribution < 1.29 is 14.3 Å². The molecule has 26 heavy (non-hydrogen) atoms. The lowest BCUT2D eigenvalue weighted by Crippen LogP contribution is -2.43. The number of carbonyl (C=O) groups is 2. The molecule has 0 spiro atoms. The van der Waals surface area contributed by atoms with E-state index in [4.69, 9.17) is 4.74 Å². The first-order valence-electron chi connectivity index (χ1n) is 9.51. The first kappa shape index (κ1) is 19.1. The Balaban J connectivity index is 1.37. The summed E-state index contributed by atoms with van der Waals surface area (Å²) in [6, 6.07) is 7.91. The highest BCUT2D eigenvalue weighted by Gasteiger charge is 2.30. The summed E-state index contributed by atoms with van der Waals surface area (Å²) in [5, 5.41) is 0. The first-order valence-corrected chi connectivity index (χ1v) is 10.5. The molecule has 3 rings (SSSR count). The molecule has 0 saturated carbocycles. The minimum absolute atomic E-state index is 0.117. The highest BCUT2D eigenvalue weighted by atomic mass is 32.2. The fourth-order valence-corrected chi connectivity index (χ4v) is 4.50. The average molecular weight is 377 g/mol. The standard InChI is InChI=1S/C20H28N2O3S/c1-25-17-4-6-18(7-5-17)26-15-10-19(23)21-13-8-16(9-14-21)20(24)22-11-2-3-12-22/h4-7,16H,2-3,8-15H2,1H3. The summed E-state index contributed by atoms with van der Waals surface area (Å²) >= 11 is 1.69. The Morgan fingerprint density at radius 3 is 2.31 bits per heavy atom. The molecule has 1 aromatic carbocycles. The van der Waals surface area contributed by atoms with Crippen molar-refractivity contribution in [1.82, 2.24) is 9.80 Å². The van der Waals surface area contributed by atoms with Gasteiger partial charge in [0.05, 0.1) is 7.11 Å². The summed E-state index contributed by atoms with van der Waals surface area (Å²) in [6.07, 6.45) is 4.44. The Bertz CT molecular complexity index is 606. The zero-order chi connectivity index (χ0) is 18.4. The summed E-state index contributed by atoms with van der Waals surface area (Å²) in [6.45, 7) is 3.27. The number of hydrogen-bond acceptors (Lipinski definition) is 4. The summed E-state index contributed by atoms with van der Waals surface area (Å²) in [5.41, 5.74) is 0. The number of nitrogens with zero attached hydrogens (tertiary/aromatic N) is 2. The van der Waals surface area contributed by atoms with Gasteiger partial charge in [-0.25, -0.2) is 0 Å². The van der Waals surface area contributed by atoms with Gasteiger partial charge in [0.1, 0.15) is 5.75 Å². The largest absolute Gasteiger partial charge is 0.497 e. The van der Waals surface area contributed by atoms with Gasteiger partial charge >= 0.3 is 0 Å². The van der Waals surface area contributed by atoms with Gasteiger partial charge in [0.15, 0.2) is 0 Å². The molecule has 2 amide bonds. The molecule has 0 radical (unpaired) electrons. The molecule has 0 unspecified atom stereocenters. The summed E-state index contributed by atoms with van der Waals surface area (Å²) in [7, 11) is 1.66. The van der Waals surface area contributed by atoms with E-state index in [-0.39, 0.29) is 11.8 Å². The molecule has 1 aromatic rings. The van der Waals surface area contributed by atoms with Crippen LogP contribution in [0.1, 0.15) is 32.1 Å². The number of likely N-dealkylation sites (tertiary alicyclic amines) is 2. The fourth-order valence-electron chi connectivity index (χ4n) is 3.66. The van der Waals surface area contributed by atoms with Crippen molar-refractivity contribution in [3.8, 4) is 5.75 Å². The molecular weight excluding hydrogens is 348 g/mol. The van der Waals surface area contributed by atoms with E-state index in [2.05, 4.69) is 0 Å². The van der Waals surface area contributed by atoms with Crippen LogP contribution >= 0.6 is 11.8 Å². The predicted octanol–water partition coefficient (Wildman–Crippen LogP) is 3.04. The number of thioether (sulfide) groups is 1. The van der Waals surface area contributed by atoms with Crippen molar-refractivity contribution in [2.75, 3.05) is 39.0 Å². The quantitative estimate of drug-likeness (QED) is 0.716. The number of ether oxygens (including phenoxy) is 1. The minimum Gasteiger partial charge on any atom is -0.497 e. The lowest BCUT2D eigenvalue weighted by Gasteiger charge is -2.33. The van der Waals surface area contributed by atoms with Crippen LogP contribution in [0.2, 0.25) is 0 Å². The van der Waals surface area contributed by atoms with Crippen LogP contribution in [0, 0.1) is 5.92 Å². The van der Waals surface area contributed by atoms with Crippen LogP contribution in [-0.2, 0) is 9.59 Å². The number of rotatable bonds is 6. The third-order valence-corrected chi connectivity index (χ3v) is 6.27. The molecule has 6 heteroatoms. The molecule has 142 valence electrons. The van der Waals surface area contributed by atoms with Crippen LogP contribution in [0.3, 0.4) is 0 Å². The maximum atomic E-state index is 12.5. The van der Waals surface area contributed by atoms with Gasteiger partial charge < -0.3 is 14.5 Å². The first-order chi connectivity index (χ1) is 12.7. The second-order valence-corrected chi connectivity index (χ2v) is 8.13. The maximum absolute atomic E-state index is 12.5. The Morgan fingerprint density at radius 1 is 1.04 bits per heavy atom. The number of benzene rings is 1. The van der Waals surface area contributed by atoms with Crippen molar-refractivity contribution in [2.24, 2.45) is 5.92 Å². The summed E-state index contributed by atoms with van der Waals surface area (Å²) in [4.78, 5) is 30.0. The van der Waals surface area contributed by atoms with Crippen molar-refractivity contribution in [2.45, 2.75) is 37.0 Å². The zero-order valence-electron chi connectivity index (χ0n) is 15.5. The van der Waals surface area contributed by atoms with Gasteiger partial charge in [-0.15, -0.1) is 11.8 Å². The topological polar surface area (TPSA) is 49.9 Å². The molecule has 2 aliphatic heterocycles. The van der Waals surface area contributed by atoms with Crippen LogP contribution in [0.4, 0.5) is 0 Å². The van der Waals surface area contributed by atoms with E-state index in [0.29, 0.717) is 12.3 Å². The van der Waals surface area contributed by atoms with Crippen molar-refractivity contribution >= 4 is 23.6 Å². The van der Waals surface area contributed by atoms with Crippen molar-refractivity contribution in [1.29, 1.82) is 0 Å². The van der Waals surface area contributed by atoms with Crippen LogP contribution in [0.5, 0.6) is 5.75 Å². The summed E-state index contributed by atoms with van der Waals surface area (Å²) < 4.78 is 5.15. The number of methoxy groups -OCH3 is 1. The van der Waals surface area contributed by atoms with E-state index in [1.54, 1.807) is 18.9 Å². The molecule has 2 fully saturated rings.